The van der Waals surface area contributed by atoms with Crippen molar-refractivity contribution in [2.45, 2.75) is 116 Å². The number of hydrogen-bond acceptors (Lipinski definition) is 11. The van der Waals surface area contributed by atoms with Crippen LogP contribution in [0.5, 0.6) is 17.2 Å². The molecule has 0 aromatic heterocycles. The number of aliphatic hydroxyl groups excluding tert-OH is 1. The fourth-order valence-electron chi connectivity index (χ4n) is 10.6. The molecule has 3 saturated carbocycles. The summed E-state index contributed by atoms with van der Waals surface area (Å²) in [5, 5.41) is 26.1. The molecule has 5 aliphatic heterocycles. The van der Waals surface area contributed by atoms with Gasteiger partial charge in [0, 0.05) is 47.4 Å². The Labute approximate surface area is 333 Å². The first-order valence-electron chi connectivity index (χ1n) is 20.0. The third-order valence-electron chi connectivity index (χ3n) is 13.0. The van der Waals surface area contributed by atoms with E-state index in [2.05, 4.69) is 48.8 Å². The number of ether oxygens (including phenoxy) is 4. The molecule has 5 heterocycles. The molecule has 1 spiro atoms. The molecule has 0 radical (unpaired) electrons. The summed E-state index contributed by atoms with van der Waals surface area (Å²) in [5.74, 6) is -1.42. The third kappa shape index (κ3) is 5.48. The molecule has 5 N–H and O–H groups in total. The second-order valence-corrected chi connectivity index (χ2v) is 17.8. The van der Waals surface area contributed by atoms with Crippen molar-refractivity contribution in [3.63, 3.8) is 0 Å². The van der Waals surface area contributed by atoms with Crippen molar-refractivity contribution < 1.29 is 38.4 Å². The molecule has 1 saturated heterocycles. The van der Waals surface area contributed by atoms with Crippen LogP contribution in [0.25, 0.3) is 11.3 Å². The molecule has 4 bridgehead atoms. The van der Waals surface area contributed by atoms with E-state index < -0.39 is 40.2 Å². The van der Waals surface area contributed by atoms with Crippen molar-refractivity contribution in [2.75, 3.05) is 13.2 Å². The highest BCUT2D eigenvalue weighted by Gasteiger charge is 2.84. The molecule has 3 aliphatic carbocycles. The molecule has 12 nitrogen and oxygen atoms in total. The number of rotatable bonds is 10. The highest BCUT2D eigenvalue weighted by atomic mass is 16.6. The molecule has 1 amide bonds. The van der Waals surface area contributed by atoms with E-state index in [1.165, 1.54) is 5.57 Å². The van der Waals surface area contributed by atoms with Gasteiger partial charge in [-0.1, -0.05) is 29.4 Å². The molecule has 300 valence electrons. The summed E-state index contributed by atoms with van der Waals surface area (Å²) in [6.07, 6.45) is 10.3. The van der Waals surface area contributed by atoms with Crippen molar-refractivity contribution >= 4 is 28.9 Å². The summed E-state index contributed by atoms with van der Waals surface area (Å²) >= 11 is 0. The van der Waals surface area contributed by atoms with E-state index in [-0.39, 0.29) is 60.7 Å². The van der Waals surface area contributed by atoms with Gasteiger partial charge in [-0.25, -0.2) is 0 Å². The maximum absolute atomic E-state index is 15.3. The summed E-state index contributed by atoms with van der Waals surface area (Å²) in [6.45, 7) is 15.7. The number of amides is 1. The number of ketones is 1. The number of Topliss-reactive ketones (excluding diaryl/α,β-unsaturated/α-hetero) is 1. The summed E-state index contributed by atoms with van der Waals surface area (Å²) in [6, 6.07) is 2.31. The van der Waals surface area contributed by atoms with Gasteiger partial charge in [0.05, 0.1) is 47.1 Å². The Morgan fingerprint density at radius 3 is 2.46 bits per heavy atom. The largest absolute Gasteiger partial charge is 0.482 e. The first-order chi connectivity index (χ1) is 26.9. The maximum atomic E-state index is 15.3. The zero-order valence-electron chi connectivity index (χ0n) is 34.0. The zero-order chi connectivity index (χ0) is 41.0. The number of aliphatic hydroxyl groups is 1. The molecule has 12 heteroatoms. The van der Waals surface area contributed by atoms with Gasteiger partial charge in [0.25, 0.3) is 0 Å². The molecule has 6 atom stereocenters. The lowest BCUT2D eigenvalue weighted by Gasteiger charge is -2.62. The number of nitrogens with one attached hydrogen (secondary N) is 2. The quantitative estimate of drug-likeness (QED) is 0.0983. The van der Waals surface area contributed by atoms with Gasteiger partial charge in [-0.2, -0.15) is 5.26 Å². The van der Waals surface area contributed by atoms with E-state index in [0.29, 0.717) is 58.7 Å². The molecule has 6 unspecified atom stereocenters. The highest BCUT2D eigenvalue weighted by Crippen LogP contribution is 2.74. The van der Waals surface area contributed by atoms with Crippen molar-refractivity contribution in [3.05, 3.63) is 74.7 Å². The van der Waals surface area contributed by atoms with Gasteiger partial charge in [0.15, 0.2) is 22.7 Å². The third-order valence-corrected chi connectivity index (χ3v) is 13.0. The van der Waals surface area contributed by atoms with E-state index in [1.54, 1.807) is 13.0 Å². The molecular formula is C45H52N4O8. The highest BCUT2D eigenvalue weighted by molar-refractivity contribution is 6.04. The number of nitrogens with two attached hydrogens (primary N) is 1. The van der Waals surface area contributed by atoms with Crippen LogP contribution in [0.15, 0.2) is 58.0 Å². The standard InChI is InChI=1S/C45H52N4O8/c1-22(2)10-9-14-43(8)20-25-18-30(51)54-38-31(25)36(55-43)26(12-11-23(3)4)37-33(38)35-34-32(28(21-46)40(47)49-35)27-19-29-42(6,7)57-44(39(27)52,45(29,34)56-37)15-13-24(5)41(53)48-16-17-50/h10-11,13,20,27,29,32,49-50H,9,12,14-19,47H2,1-8H3,(H,48,53)/b24-13-. The van der Waals surface area contributed by atoms with Crippen LogP contribution in [-0.4, -0.2) is 58.3 Å². The second-order valence-electron chi connectivity index (χ2n) is 17.8. The average Bonchev–Trinajstić information content (AvgIpc) is 3.27. The van der Waals surface area contributed by atoms with Crippen molar-refractivity contribution in [2.24, 2.45) is 23.5 Å². The van der Waals surface area contributed by atoms with Gasteiger partial charge in [0.2, 0.25) is 5.91 Å². The first kappa shape index (κ1) is 38.7. The van der Waals surface area contributed by atoms with E-state index in [4.69, 9.17) is 24.7 Å². The number of nitrogens with zero attached hydrogens (tertiary/aromatic N) is 1. The first-order valence-corrected chi connectivity index (χ1v) is 20.0. The van der Waals surface area contributed by atoms with Gasteiger partial charge in [-0.05, 0) is 92.7 Å². The molecule has 8 aliphatic rings. The SMILES string of the molecule is CC(C)=CCCC1(C)C=C2CC(=O)Oc3c2c(c(CC=C(C)C)c2c3C3=C4C(C(C#N)=C(N)N3)C3CC5C(C)(C)OC(C/C=C(/C)C(=O)NCCO)(C3=O)C45O2)O1. The van der Waals surface area contributed by atoms with Crippen LogP contribution in [0.1, 0.15) is 104 Å². The number of benzene rings is 1. The lowest BCUT2D eigenvalue weighted by Crippen LogP contribution is -2.75. The summed E-state index contributed by atoms with van der Waals surface area (Å²) in [5.41, 5.74) is 8.80. The second kappa shape index (κ2) is 13.2. The fraction of sp³-hybridized carbons (Fsp3) is 0.511. The number of carbonyl (C=O) groups excluding carboxylic acids is 3. The molecular weight excluding hydrogens is 725 g/mol. The lowest BCUT2D eigenvalue weighted by molar-refractivity contribution is -0.181. The number of hydrogen-bond donors (Lipinski definition) is 4. The zero-order valence-corrected chi connectivity index (χ0v) is 34.0. The molecule has 1 aromatic rings. The van der Waals surface area contributed by atoms with Crippen LogP contribution in [0, 0.1) is 29.1 Å². The van der Waals surface area contributed by atoms with Crippen LogP contribution in [0.2, 0.25) is 0 Å². The van der Waals surface area contributed by atoms with Crippen molar-refractivity contribution in [1.29, 1.82) is 5.26 Å². The number of allylic oxidation sites excluding steroid dienone is 5. The number of carbonyl (C=O) groups is 3. The minimum absolute atomic E-state index is 0.00245. The predicted octanol–water partition coefficient (Wildman–Crippen LogP) is 5.75. The Morgan fingerprint density at radius 1 is 1.05 bits per heavy atom. The molecule has 9 rings (SSSR count). The number of dihydropyridines is 1. The van der Waals surface area contributed by atoms with Crippen LogP contribution < -0.4 is 30.6 Å². The fourth-order valence-corrected chi connectivity index (χ4v) is 10.6. The maximum Gasteiger partial charge on any atom is 0.315 e. The lowest BCUT2D eigenvalue weighted by atomic mass is 9.45. The number of esters is 1. The minimum Gasteiger partial charge on any atom is -0.482 e. The Kier molecular flexibility index (Phi) is 8.98. The smallest absolute Gasteiger partial charge is 0.315 e. The molecule has 4 fully saturated rings. The number of nitriles is 1. The predicted molar refractivity (Wildman–Crippen MR) is 212 cm³/mol. The van der Waals surface area contributed by atoms with E-state index in [1.807, 2.05) is 34.6 Å². The van der Waals surface area contributed by atoms with Crippen LogP contribution >= 0.6 is 0 Å². The van der Waals surface area contributed by atoms with Gasteiger partial charge in [-0.15, -0.1) is 0 Å². The summed E-state index contributed by atoms with van der Waals surface area (Å²) in [4.78, 5) is 42.0. The Morgan fingerprint density at radius 2 is 1.77 bits per heavy atom. The van der Waals surface area contributed by atoms with Crippen LogP contribution in [0.3, 0.4) is 0 Å². The molecule has 57 heavy (non-hydrogen) atoms. The average molecular weight is 777 g/mol. The Bertz CT molecular complexity index is 2280. The van der Waals surface area contributed by atoms with Crippen LogP contribution in [-0.2, 0) is 25.5 Å². The normalized spacial score (nSPS) is 30.7. The topological polar surface area (TPSA) is 182 Å². The molecule has 1 aromatic carbocycles. The summed E-state index contributed by atoms with van der Waals surface area (Å²) < 4.78 is 28.1. The summed E-state index contributed by atoms with van der Waals surface area (Å²) in [7, 11) is 0. The monoisotopic (exact) mass is 776 g/mol. The van der Waals surface area contributed by atoms with Gasteiger partial charge in [-0.3, -0.25) is 14.4 Å². The number of fused-ring (bicyclic) bond motifs is 3. The van der Waals surface area contributed by atoms with Gasteiger partial charge in [0.1, 0.15) is 22.9 Å². The van der Waals surface area contributed by atoms with Gasteiger partial charge < -0.3 is 40.4 Å². The van der Waals surface area contributed by atoms with Crippen molar-refractivity contribution in [1.82, 2.24) is 10.6 Å². The van der Waals surface area contributed by atoms with Crippen molar-refractivity contribution in [3.8, 4) is 23.3 Å². The van der Waals surface area contributed by atoms with E-state index in [9.17, 15) is 20.0 Å². The Balaban J connectivity index is 1.43. The minimum atomic E-state index is -1.62. The van der Waals surface area contributed by atoms with Crippen LogP contribution in [0.4, 0.5) is 0 Å². The van der Waals surface area contributed by atoms with Gasteiger partial charge >= 0.3 is 5.97 Å². The Hall–Kier alpha value is -5.12. The van der Waals surface area contributed by atoms with E-state index >= 15 is 4.79 Å². The van der Waals surface area contributed by atoms with E-state index in [0.717, 1.165) is 23.1 Å².